The van der Waals surface area contributed by atoms with E-state index < -0.39 is 0 Å². The molecule has 0 bridgehead atoms. The van der Waals surface area contributed by atoms with Crippen LogP contribution in [0.25, 0.3) is 0 Å². The Bertz CT molecular complexity index is 236. The summed E-state index contributed by atoms with van der Waals surface area (Å²) in [5.74, 6) is 0. The number of hydrogen-bond acceptors (Lipinski definition) is 4. The van der Waals surface area contributed by atoms with Gasteiger partial charge in [0.1, 0.15) is 0 Å². The molecule has 0 aromatic heterocycles. The van der Waals surface area contributed by atoms with Gasteiger partial charge >= 0.3 is 0 Å². The van der Waals surface area contributed by atoms with Crippen molar-refractivity contribution in [1.82, 2.24) is 10.2 Å². The van der Waals surface area contributed by atoms with Crippen LogP contribution in [0, 0.1) is 0 Å². The molecule has 1 aliphatic heterocycles. The van der Waals surface area contributed by atoms with E-state index in [9.17, 15) is 5.11 Å². The summed E-state index contributed by atoms with van der Waals surface area (Å²) in [6.07, 6.45) is 4.62. The first kappa shape index (κ1) is 16.9. The fraction of sp³-hybridized carbons (Fsp3) is 1.00. The zero-order valence-electron chi connectivity index (χ0n) is 13.1. The molecule has 4 nitrogen and oxygen atoms in total. The van der Waals surface area contributed by atoms with E-state index >= 15 is 0 Å². The van der Waals surface area contributed by atoms with Crippen LogP contribution in [0.15, 0.2) is 0 Å². The number of ether oxygens (including phenoxy) is 1. The molecule has 2 N–H and O–H groups in total. The van der Waals surface area contributed by atoms with E-state index in [-0.39, 0.29) is 12.1 Å². The summed E-state index contributed by atoms with van der Waals surface area (Å²) in [7, 11) is 1.95. The number of likely N-dealkylation sites (N-methyl/N-ethyl adjacent to an activating group) is 1. The summed E-state index contributed by atoms with van der Waals surface area (Å²) in [4.78, 5) is 2.56. The Kier molecular flexibility index (Phi) is 7.29. The lowest BCUT2D eigenvalue weighted by molar-refractivity contribution is -0.0568. The van der Waals surface area contributed by atoms with Gasteiger partial charge in [0.2, 0.25) is 0 Å². The number of morpholine rings is 1. The van der Waals surface area contributed by atoms with Crippen LogP contribution < -0.4 is 5.32 Å². The lowest BCUT2D eigenvalue weighted by atomic mass is 9.91. The average Bonchev–Trinajstić information content (AvgIpc) is 2.44. The van der Waals surface area contributed by atoms with Gasteiger partial charge in [-0.3, -0.25) is 4.90 Å². The third-order valence-electron chi connectivity index (χ3n) is 4.66. The Labute approximate surface area is 118 Å². The molecule has 0 radical (unpaired) electrons. The van der Waals surface area contributed by atoms with E-state index in [0.717, 1.165) is 45.4 Å². The van der Waals surface area contributed by atoms with Crippen molar-refractivity contribution in [2.24, 2.45) is 0 Å². The Morgan fingerprint density at radius 3 is 2.68 bits per heavy atom. The minimum absolute atomic E-state index is 0.0976. The zero-order chi connectivity index (χ0) is 14.3. The molecule has 1 fully saturated rings. The highest BCUT2D eigenvalue weighted by Gasteiger charge is 2.28. The van der Waals surface area contributed by atoms with Crippen LogP contribution in [-0.4, -0.2) is 61.0 Å². The van der Waals surface area contributed by atoms with Crippen molar-refractivity contribution in [3.05, 3.63) is 0 Å². The van der Waals surface area contributed by atoms with Crippen LogP contribution in [0.2, 0.25) is 0 Å². The van der Waals surface area contributed by atoms with Crippen molar-refractivity contribution < 1.29 is 9.84 Å². The standard InChI is InChI=1S/C15H32N2O2/c1-5-14-11-19-13(3)10-17(14)9-7-8-15(6-2,12-18)16-4/h13-14,16,18H,5-12H2,1-4H3. The van der Waals surface area contributed by atoms with Gasteiger partial charge in [-0.1, -0.05) is 13.8 Å². The fourth-order valence-electron chi connectivity index (χ4n) is 2.93. The first-order valence-corrected chi connectivity index (χ1v) is 7.76. The number of aliphatic hydroxyl groups excluding tert-OH is 1. The molecule has 0 saturated carbocycles. The second-order valence-electron chi connectivity index (χ2n) is 5.85. The number of aliphatic hydroxyl groups is 1. The Hall–Kier alpha value is -0.160. The molecule has 1 rings (SSSR count). The maximum atomic E-state index is 9.56. The molecule has 1 aliphatic rings. The van der Waals surface area contributed by atoms with Crippen molar-refractivity contribution >= 4 is 0 Å². The van der Waals surface area contributed by atoms with Gasteiger partial charge in [-0.25, -0.2) is 0 Å². The minimum atomic E-state index is -0.0976. The van der Waals surface area contributed by atoms with Crippen LogP contribution in [0.5, 0.6) is 0 Å². The smallest absolute Gasteiger partial charge is 0.0674 e. The predicted molar refractivity (Wildman–Crippen MR) is 79.5 cm³/mol. The normalized spacial score (nSPS) is 28.3. The second-order valence-corrected chi connectivity index (χ2v) is 5.85. The molecule has 0 aromatic rings. The highest BCUT2D eigenvalue weighted by Crippen LogP contribution is 2.19. The summed E-state index contributed by atoms with van der Waals surface area (Å²) in [6.45, 7) is 9.74. The molecule has 0 spiro atoms. The molecule has 3 atom stereocenters. The maximum Gasteiger partial charge on any atom is 0.0674 e. The molecule has 3 unspecified atom stereocenters. The Morgan fingerprint density at radius 1 is 1.42 bits per heavy atom. The van der Waals surface area contributed by atoms with Gasteiger partial charge in [0.15, 0.2) is 0 Å². The molecular formula is C15H32N2O2. The van der Waals surface area contributed by atoms with Gasteiger partial charge in [0.25, 0.3) is 0 Å². The van der Waals surface area contributed by atoms with Gasteiger partial charge in [-0.2, -0.15) is 0 Å². The highest BCUT2D eigenvalue weighted by atomic mass is 16.5. The molecule has 114 valence electrons. The van der Waals surface area contributed by atoms with E-state index in [1.165, 1.54) is 0 Å². The van der Waals surface area contributed by atoms with Crippen LogP contribution in [0.1, 0.15) is 46.5 Å². The minimum Gasteiger partial charge on any atom is -0.394 e. The Balaban J connectivity index is 2.41. The first-order valence-electron chi connectivity index (χ1n) is 7.76. The Morgan fingerprint density at radius 2 is 2.16 bits per heavy atom. The SMILES string of the molecule is CCC1COC(C)CN1CCCC(CC)(CO)NC. The number of nitrogens with zero attached hydrogens (tertiary/aromatic N) is 1. The third kappa shape index (κ3) is 4.71. The summed E-state index contributed by atoms with van der Waals surface area (Å²) < 4.78 is 5.73. The van der Waals surface area contributed by atoms with Gasteiger partial charge in [0.05, 0.1) is 19.3 Å². The molecule has 0 aromatic carbocycles. The van der Waals surface area contributed by atoms with Crippen LogP contribution >= 0.6 is 0 Å². The monoisotopic (exact) mass is 272 g/mol. The summed E-state index contributed by atoms with van der Waals surface area (Å²) in [6, 6.07) is 0.566. The lowest BCUT2D eigenvalue weighted by Gasteiger charge is -2.39. The molecule has 4 heteroatoms. The van der Waals surface area contributed by atoms with Crippen LogP contribution in [0.4, 0.5) is 0 Å². The van der Waals surface area contributed by atoms with Crippen molar-refractivity contribution in [1.29, 1.82) is 0 Å². The average molecular weight is 272 g/mol. The van der Waals surface area contributed by atoms with Gasteiger partial charge in [0, 0.05) is 18.1 Å². The largest absolute Gasteiger partial charge is 0.394 e. The second kappa shape index (κ2) is 8.20. The molecule has 1 heterocycles. The van der Waals surface area contributed by atoms with Gasteiger partial charge in [-0.15, -0.1) is 0 Å². The third-order valence-corrected chi connectivity index (χ3v) is 4.66. The molecule has 1 saturated heterocycles. The highest BCUT2D eigenvalue weighted by molar-refractivity contribution is 4.85. The predicted octanol–water partition coefficient (Wildman–Crippen LogP) is 1.63. The summed E-state index contributed by atoms with van der Waals surface area (Å²) >= 11 is 0. The van der Waals surface area contributed by atoms with E-state index in [2.05, 4.69) is 31.0 Å². The zero-order valence-corrected chi connectivity index (χ0v) is 13.1. The topological polar surface area (TPSA) is 44.7 Å². The van der Waals surface area contributed by atoms with E-state index in [0.29, 0.717) is 12.1 Å². The van der Waals surface area contributed by atoms with Gasteiger partial charge < -0.3 is 15.2 Å². The molecular weight excluding hydrogens is 240 g/mol. The van der Waals surface area contributed by atoms with Crippen molar-refractivity contribution in [3.63, 3.8) is 0 Å². The fourth-order valence-corrected chi connectivity index (χ4v) is 2.93. The molecule has 19 heavy (non-hydrogen) atoms. The summed E-state index contributed by atoms with van der Waals surface area (Å²) in [5, 5.41) is 12.9. The van der Waals surface area contributed by atoms with Crippen LogP contribution in [0.3, 0.4) is 0 Å². The quantitative estimate of drug-likeness (QED) is 0.705. The van der Waals surface area contributed by atoms with Crippen LogP contribution in [-0.2, 0) is 4.74 Å². The summed E-state index contributed by atoms with van der Waals surface area (Å²) in [5.41, 5.74) is -0.0976. The lowest BCUT2D eigenvalue weighted by Crippen LogP contribution is -2.50. The van der Waals surface area contributed by atoms with E-state index in [1.54, 1.807) is 0 Å². The van der Waals surface area contributed by atoms with Crippen molar-refractivity contribution in [2.45, 2.75) is 64.1 Å². The van der Waals surface area contributed by atoms with E-state index in [1.807, 2.05) is 7.05 Å². The van der Waals surface area contributed by atoms with Gasteiger partial charge in [-0.05, 0) is 46.2 Å². The first-order chi connectivity index (χ1) is 9.10. The number of hydrogen-bond donors (Lipinski definition) is 2. The number of nitrogens with one attached hydrogen (secondary N) is 1. The number of rotatable bonds is 8. The maximum absolute atomic E-state index is 9.56. The van der Waals surface area contributed by atoms with E-state index in [4.69, 9.17) is 4.74 Å². The molecule has 0 aliphatic carbocycles. The van der Waals surface area contributed by atoms with Crippen molar-refractivity contribution in [2.75, 3.05) is 33.4 Å². The molecule has 0 amide bonds. The van der Waals surface area contributed by atoms with Crippen molar-refractivity contribution in [3.8, 4) is 0 Å².